The van der Waals surface area contributed by atoms with Gasteiger partial charge in [-0.15, -0.1) is 0 Å². The predicted octanol–water partition coefficient (Wildman–Crippen LogP) is 0.432. The lowest BCUT2D eigenvalue weighted by Gasteiger charge is -2.27. The summed E-state index contributed by atoms with van der Waals surface area (Å²) in [6, 6.07) is 0.461. The van der Waals surface area contributed by atoms with Crippen molar-refractivity contribution in [1.29, 1.82) is 0 Å². The van der Waals surface area contributed by atoms with Crippen LogP contribution in [0.1, 0.15) is 38.4 Å². The summed E-state index contributed by atoms with van der Waals surface area (Å²) in [5.41, 5.74) is 5.32. The SMILES string of the molecule is CCn1ncnc1CNC1CCC(C(N)=O)CC1. The number of nitrogens with one attached hydrogen (secondary N) is 1. The molecule has 0 bridgehead atoms. The molecular weight excluding hydrogens is 230 g/mol. The number of hydrogen-bond donors (Lipinski definition) is 2. The summed E-state index contributed by atoms with van der Waals surface area (Å²) < 4.78 is 1.89. The summed E-state index contributed by atoms with van der Waals surface area (Å²) in [6.07, 6.45) is 5.40. The predicted molar refractivity (Wildman–Crippen MR) is 67.5 cm³/mol. The van der Waals surface area contributed by atoms with Crippen molar-refractivity contribution in [3.8, 4) is 0 Å². The van der Waals surface area contributed by atoms with Crippen LogP contribution in [-0.2, 0) is 17.9 Å². The molecule has 100 valence electrons. The van der Waals surface area contributed by atoms with Crippen LogP contribution in [0.4, 0.5) is 0 Å². The minimum atomic E-state index is -0.154. The van der Waals surface area contributed by atoms with E-state index in [4.69, 9.17) is 5.73 Å². The van der Waals surface area contributed by atoms with Crippen LogP contribution < -0.4 is 11.1 Å². The molecule has 3 N–H and O–H groups in total. The second kappa shape index (κ2) is 5.95. The molecule has 0 radical (unpaired) electrons. The third kappa shape index (κ3) is 3.07. The van der Waals surface area contributed by atoms with Crippen LogP contribution in [0.25, 0.3) is 0 Å². The molecule has 0 aliphatic heterocycles. The summed E-state index contributed by atoms with van der Waals surface area (Å²) >= 11 is 0. The second-order valence-corrected chi connectivity index (χ2v) is 4.82. The van der Waals surface area contributed by atoms with Gasteiger partial charge in [-0.2, -0.15) is 5.10 Å². The highest BCUT2D eigenvalue weighted by Gasteiger charge is 2.24. The number of nitrogens with zero attached hydrogens (tertiary/aromatic N) is 3. The Kier molecular flexibility index (Phi) is 4.30. The largest absolute Gasteiger partial charge is 0.369 e. The zero-order chi connectivity index (χ0) is 13.0. The van der Waals surface area contributed by atoms with Crippen molar-refractivity contribution in [3.63, 3.8) is 0 Å². The summed E-state index contributed by atoms with van der Waals surface area (Å²) in [6.45, 7) is 3.63. The van der Waals surface area contributed by atoms with E-state index in [-0.39, 0.29) is 11.8 Å². The summed E-state index contributed by atoms with van der Waals surface area (Å²) in [7, 11) is 0. The van der Waals surface area contributed by atoms with Crippen LogP contribution in [0.2, 0.25) is 0 Å². The molecule has 1 fully saturated rings. The highest BCUT2D eigenvalue weighted by molar-refractivity contribution is 5.76. The van der Waals surface area contributed by atoms with Gasteiger partial charge in [0.1, 0.15) is 12.2 Å². The minimum absolute atomic E-state index is 0.0716. The first-order chi connectivity index (χ1) is 8.70. The molecule has 0 saturated heterocycles. The first-order valence-corrected chi connectivity index (χ1v) is 6.60. The van der Waals surface area contributed by atoms with Crippen molar-refractivity contribution in [3.05, 3.63) is 12.2 Å². The fraction of sp³-hybridized carbons (Fsp3) is 0.750. The third-order valence-corrected chi connectivity index (χ3v) is 3.67. The topological polar surface area (TPSA) is 85.8 Å². The Morgan fingerprint density at radius 3 is 2.83 bits per heavy atom. The van der Waals surface area contributed by atoms with Gasteiger partial charge in [-0.25, -0.2) is 9.67 Å². The Bertz CT molecular complexity index is 395. The number of amides is 1. The van der Waals surface area contributed by atoms with Crippen molar-refractivity contribution < 1.29 is 4.79 Å². The zero-order valence-electron chi connectivity index (χ0n) is 10.8. The molecule has 1 aromatic heterocycles. The van der Waals surface area contributed by atoms with Crippen LogP contribution in [0.15, 0.2) is 6.33 Å². The molecule has 1 saturated carbocycles. The van der Waals surface area contributed by atoms with Crippen molar-refractivity contribution >= 4 is 5.91 Å². The monoisotopic (exact) mass is 251 g/mol. The minimum Gasteiger partial charge on any atom is -0.369 e. The molecule has 1 aromatic rings. The van der Waals surface area contributed by atoms with Gasteiger partial charge in [0.2, 0.25) is 5.91 Å². The number of carbonyl (C=O) groups is 1. The van der Waals surface area contributed by atoms with Crippen molar-refractivity contribution in [1.82, 2.24) is 20.1 Å². The smallest absolute Gasteiger partial charge is 0.220 e. The lowest BCUT2D eigenvalue weighted by Crippen LogP contribution is -2.36. The fourth-order valence-electron chi connectivity index (χ4n) is 2.51. The van der Waals surface area contributed by atoms with Crippen LogP contribution in [-0.4, -0.2) is 26.7 Å². The first-order valence-electron chi connectivity index (χ1n) is 6.60. The second-order valence-electron chi connectivity index (χ2n) is 4.82. The van der Waals surface area contributed by atoms with Crippen LogP contribution in [0.5, 0.6) is 0 Å². The lowest BCUT2D eigenvalue weighted by molar-refractivity contribution is -0.122. The highest BCUT2D eigenvalue weighted by atomic mass is 16.1. The van der Waals surface area contributed by atoms with E-state index in [1.54, 1.807) is 6.33 Å². The summed E-state index contributed by atoms with van der Waals surface area (Å²) in [5, 5.41) is 7.62. The van der Waals surface area contributed by atoms with Gasteiger partial charge >= 0.3 is 0 Å². The molecule has 2 rings (SSSR count). The van der Waals surface area contributed by atoms with Crippen LogP contribution >= 0.6 is 0 Å². The Labute approximate surface area is 107 Å². The van der Waals surface area contributed by atoms with Crippen LogP contribution in [0.3, 0.4) is 0 Å². The van der Waals surface area contributed by atoms with Crippen LogP contribution in [0, 0.1) is 5.92 Å². The summed E-state index contributed by atoms with van der Waals surface area (Å²) in [4.78, 5) is 15.3. The summed E-state index contributed by atoms with van der Waals surface area (Å²) in [5.74, 6) is 0.885. The Morgan fingerprint density at radius 1 is 1.50 bits per heavy atom. The highest BCUT2D eigenvalue weighted by Crippen LogP contribution is 2.23. The Morgan fingerprint density at radius 2 is 2.22 bits per heavy atom. The van der Waals surface area contributed by atoms with Gasteiger partial charge in [0.25, 0.3) is 0 Å². The molecule has 6 heteroatoms. The van der Waals surface area contributed by atoms with Gasteiger partial charge < -0.3 is 11.1 Å². The Balaban J connectivity index is 1.77. The average molecular weight is 251 g/mol. The number of carbonyl (C=O) groups excluding carboxylic acids is 1. The van der Waals surface area contributed by atoms with E-state index in [1.807, 2.05) is 4.68 Å². The molecule has 0 aromatic carbocycles. The van der Waals surface area contributed by atoms with Gasteiger partial charge in [-0.05, 0) is 32.6 Å². The van der Waals surface area contributed by atoms with E-state index < -0.39 is 0 Å². The van der Waals surface area contributed by atoms with Gasteiger partial charge in [0.05, 0.1) is 6.54 Å². The van der Waals surface area contributed by atoms with Gasteiger partial charge in [0, 0.05) is 18.5 Å². The van der Waals surface area contributed by atoms with E-state index in [2.05, 4.69) is 22.3 Å². The maximum atomic E-state index is 11.1. The molecule has 1 aliphatic rings. The number of aryl methyl sites for hydroxylation is 1. The number of nitrogens with two attached hydrogens (primary N) is 1. The molecule has 0 spiro atoms. The van der Waals surface area contributed by atoms with Crippen molar-refractivity contribution in [2.45, 2.75) is 51.7 Å². The number of hydrogen-bond acceptors (Lipinski definition) is 4. The van der Waals surface area contributed by atoms with E-state index in [9.17, 15) is 4.79 Å². The maximum absolute atomic E-state index is 11.1. The molecule has 1 heterocycles. The average Bonchev–Trinajstić information content (AvgIpc) is 2.84. The Hall–Kier alpha value is -1.43. The fourth-order valence-corrected chi connectivity index (χ4v) is 2.51. The van der Waals surface area contributed by atoms with E-state index in [1.165, 1.54) is 0 Å². The number of rotatable bonds is 5. The zero-order valence-corrected chi connectivity index (χ0v) is 10.8. The molecule has 1 amide bonds. The van der Waals surface area contributed by atoms with E-state index in [0.717, 1.165) is 44.6 Å². The van der Waals surface area contributed by atoms with Crippen molar-refractivity contribution in [2.75, 3.05) is 0 Å². The lowest BCUT2D eigenvalue weighted by atomic mass is 9.85. The van der Waals surface area contributed by atoms with E-state index in [0.29, 0.717) is 6.04 Å². The standard InChI is InChI=1S/C12H21N5O/c1-2-17-11(15-8-16-17)7-14-10-5-3-9(4-6-10)12(13)18/h8-10,14H,2-7H2,1H3,(H2,13,18). The third-order valence-electron chi connectivity index (χ3n) is 3.67. The van der Waals surface area contributed by atoms with Gasteiger partial charge in [-0.1, -0.05) is 0 Å². The van der Waals surface area contributed by atoms with E-state index >= 15 is 0 Å². The molecule has 0 unspecified atom stereocenters. The number of primary amides is 1. The molecule has 0 atom stereocenters. The molecule has 1 aliphatic carbocycles. The van der Waals surface area contributed by atoms with Crippen molar-refractivity contribution in [2.24, 2.45) is 11.7 Å². The molecular formula is C12H21N5O. The molecule has 18 heavy (non-hydrogen) atoms. The maximum Gasteiger partial charge on any atom is 0.220 e. The first kappa shape index (κ1) is 13.0. The van der Waals surface area contributed by atoms with Gasteiger partial charge in [0.15, 0.2) is 0 Å². The number of aromatic nitrogens is 3. The quantitative estimate of drug-likeness (QED) is 0.794. The van der Waals surface area contributed by atoms with Gasteiger partial charge in [-0.3, -0.25) is 4.79 Å². The normalized spacial score (nSPS) is 24.1. The molecule has 6 nitrogen and oxygen atoms in total.